The minimum atomic E-state index is -0.758. The number of rotatable bonds is 2. The molecule has 0 unspecified atom stereocenters. The lowest BCUT2D eigenvalue weighted by Gasteiger charge is -2.17. The lowest BCUT2D eigenvalue weighted by atomic mass is 10.0. The van der Waals surface area contributed by atoms with Crippen LogP contribution in [0.1, 0.15) is 11.1 Å². The third kappa shape index (κ3) is 1.80. The minimum Gasteiger partial charge on any atom is -0.463 e. The van der Waals surface area contributed by atoms with Gasteiger partial charge in [-0.2, -0.15) is 0 Å². The molecule has 3 heteroatoms. The van der Waals surface area contributed by atoms with Crippen molar-refractivity contribution in [2.24, 2.45) is 0 Å². The van der Waals surface area contributed by atoms with Gasteiger partial charge in [0.15, 0.2) is 0 Å². The molecule has 1 heterocycles. The number of halogens is 1. The van der Waals surface area contributed by atoms with E-state index < -0.39 is 6.86 Å². The summed E-state index contributed by atoms with van der Waals surface area (Å²) >= 11 is 0. The van der Waals surface area contributed by atoms with Gasteiger partial charge in [0.1, 0.15) is 5.75 Å². The van der Waals surface area contributed by atoms with E-state index in [1.54, 1.807) is 0 Å². The largest absolute Gasteiger partial charge is 0.463 e. The van der Waals surface area contributed by atoms with Gasteiger partial charge >= 0.3 is 0 Å². The lowest BCUT2D eigenvalue weighted by Crippen LogP contribution is -2.23. The summed E-state index contributed by atoms with van der Waals surface area (Å²) in [5.41, 5.74) is 2.56. The van der Waals surface area contributed by atoms with Gasteiger partial charge in [0.2, 0.25) is 6.86 Å². The topological polar surface area (TPSA) is 21.3 Å². The van der Waals surface area contributed by atoms with Crippen LogP contribution in [0.3, 0.4) is 0 Å². The molecule has 1 aliphatic rings. The van der Waals surface area contributed by atoms with Crippen molar-refractivity contribution in [3.05, 3.63) is 29.3 Å². The zero-order valence-corrected chi connectivity index (χ0v) is 7.35. The van der Waals surface area contributed by atoms with Crippen molar-refractivity contribution in [1.82, 2.24) is 5.32 Å². The second-order valence-corrected chi connectivity index (χ2v) is 3.11. The van der Waals surface area contributed by atoms with Crippen LogP contribution in [0.2, 0.25) is 0 Å². The minimum absolute atomic E-state index is 0.616. The second kappa shape index (κ2) is 3.75. The predicted octanol–water partition coefficient (Wildman–Crippen LogP) is 1.64. The highest BCUT2D eigenvalue weighted by Crippen LogP contribution is 2.20. The van der Waals surface area contributed by atoms with Crippen molar-refractivity contribution in [1.29, 1.82) is 0 Å². The Bertz CT molecular complexity index is 301. The van der Waals surface area contributed by atoms with Crippen molar-refractivity contribution in [2.75, 3.05) is 13.4 Å². The van der Waals surface area contributed by atoms with Gasteiger partial charge in [-0.1, -0.05) is 6.07 Å². The Morgan fingerprint density at radius 1 is 1.38 bits per heavy atom. The quantitative estimate of drug-likeness (QED) is 0.748. The Labute approximate surface area is 76.7 Å². The van der Waals surface area contributed by atoms with E-state index in [4.69, 9.17) is 4.74 Å². The summed E-state index contributed by atoms with van der Waals surface area (Å²) in [5, 5.41) is 3.26. The first-order valence-electron chi connectivity index (χ1n) is 4.41. The molecule has 0 saturated heterocycles. The summed E-state index contributed by atoms with van der Waals surface area (Å²) in [4.78, 5) is 0. The summed E-state index contributed by atoms with van der Waals surface area (Å²) in [5.74, 6) is 0.616. The fourth-order valence-corrected chi connectivity index (χ4v) is 1.61. The maximum atomic E-state index is 11.9. The van der Waals surface area contributed by atoms with Gasteiger partial charge < -0.3 is 10.1 Å². The summed E-state index contributed by atoms with van der Waals surface area (Å²) in [6.45, 7) is 1.13. The number of hydrogen-bond acceptors (Lipinski definition) is 2. The molecule has 0 atom stereocenters. The Balaban J connectivity index is 2.24. The molecule has 0 saturated carbocycles. The first-order chi connectivity index (χ1) is 6.40. The van der Waals surface area contributed by atoms with E-state index in [-0.39, 0.29) is 0 Å². The van der Waals surface area contributed by atoms with Crippen LogP contribution in [0.25, 0.3) is 0 Å². The van der Waals surface area contributed by atoms with Crippen molar-refractivity contribution in [3.8, 4) is 5.75 Å². The molecule has 0 fully saturated rings. The van der Waals surface area contributed by atoms with Crippen molar-refractivity contribution in [3.63, 3.8) is 0 Å². The van der Waals surface area contributed by atoms with Crippen LogP contribution in [0.15, 0.2) is 18.2 Å². The summed E-state index contributed by atoms with van der Waals surface area (Å²) < 4.78 is 16.7. The molecule has 13 heavy (non-hydrogen) atoms. The van der Waals surface area contributed by atoms with Crippen LogP contribution in [-0.2, 0) is 13.0 Å². The van der Waals surface area contributed by atoms with Crippen LogP contribution in [0.4, 0.5) is 4.39 Å². The van der Waals surface area contributed by atoms with Crippen LogP contribution >= 0.6 is 0 Å². The van der Waals surface area contributed by atoms with E-state index in [1.807, 2.05) is 18.2 Å². The summed E-state index contributed by atoms with van der Waals surface area (Å²) in [6, 6.07) is 5.74. The molecular formula is C10H12FNO. The predicted molar refractivity (Wildman–Crippen MR) is 48.5 cm³/mol. The molecule has 1 aromatic carbocycles. The zero-order valence-electron chi connectivity index (χ0n) is 7.35. The highest BCUT2D eigenvalue weighted by Gasteiger charge is 2.08. The van der Waals surface area contributed by atoms with Crippen LogP contribution < -0.4 is 10.1 Å². The normalized spacial score (nSPS) is 15.2. The third-order valence-electron chi connectivity index (χ3n) is 2.29. The molecule has 1 aliphatic heterocycles. The van der Waals surface area contributed by atoms with Gasteiger partial charge in [-0.3, -0.25) is 0 Å². The van der Waals surface area contributed by atoms with E-state index >= 15 is 0 Å². The van der Waals surface area contributed by atoms with Gasteiger partial charge in [0.25, 0.3) is 0 Å². The average molecular weight is 181 g/mol. The molecule has 1 N–H and O–H groups in total. The van der Waals surface area contributed by atoms with Crippen molar-refractivity contribution in [2.45, 2.75) is 13.0 Å². The fourth-order valence-electron chi connectivity index (χ4n) is 1.61. The van der Waals surface area contributed by atoms with Gasteiger partial charge in [-0.05, 0) is 36.2 Å². The first kappa shape index (κ1) is 8.51. The van der Waals surface area contributed by atoms with E-state index in [0.717, 1.165) is 19.5 Å². The number of hydrogen-bond donors (Lipinski definition) is 1. The lowest BCUT2D eigenvalue weighted by molar-refractivity contribution is 0.191. The van der Waals surface area contributed by atoms with Crippen molar-refractivity contribution >= 4 is 0 Å². The van der Waals surface area contributed by atoms with Crippen molar-refractivity contribution < 1.29 is 9.13 Å². The molecule has 0 aromatic heterocycles. The average Bonchev–Trinajstić information content (AvgIpc) is 2.18. The molecule has 2 rings (SSSR count). The van der Waals surface area contributed by atoms with Gasteiger partial charge in [-0.25, -0.2) is 4.39 Å². The number of ether oxygens (including phenoxy) is 1. The number of nitrogens with one attached hydrogen (secondary N) is 1. The maximum absolute atomic E-state index is 11.9. The Hall–Kier alpha value is -1.09. The first-order valence-corrected chi connectivity index (χ1v) is 4.41. The number of fused-ring (bicyclic) bond motifs is 1. The second-order valence-electron chi connectivity index (χ2n) is 3.11. The number of benzene rings is 1. The SMILES string of the molecule is FCOc1ccc2c(c1)CNCC2. The molecule has 0 spiro atoms. The third-order valence-corrected chi connectivity index (χ3v) is 2.29. The monoisotopic (exact) mass is 181 g/mol. The molecule has 0 aliphatic carbocycles. The molecule has 2 nitrogen and oxygen atoms in total. The highest BCUT2D eigenvalue weighted by molar-refractivity contribution is 5.36. The Morgan fingerprint density at radius 3 is 3.15 bits per heavy atom. The summed E-state index contributed by atoms with van der Waals surface area (Å²) in [6.07, 6.45) is 1.05. The van der Waals surface area contributed by atoms with Crippen LogP contribution in [0, 0.1) is 0 Å². The molecular weight excluding hydrogens is 169 g/mol. The standard InChI is InChI=1S/C10H12FNO/c11-7-13-10-2-1-8-3-4-12-6-9(8)5-10/h1-2,5,12H,3-4,6-7H2. The zero-order chi connectivity index (χ0) is 9.10. The molecule has 0 radical (unpaired) electrons. The maximum Gasteiger partial charge on any atom is 0.228 e. The smallest absolute Gasteiger partial charge is 0.228 e. The van der Waals surface area contributed by atoms with E-state index in [2.05, 4.69) is 5.32 Å². The van der Waals surface area contributed by atoms with Gasteiger partial charge in [-0.15, -0.1) is 0 Å². The molecule has 1 aromatic rings. The number of alkyl halides is 1. The summed E-state index contributed by atoms with van der Waals surface area (Å²) in [7, 11) is 0. The Morgan fingerprint density at radius 2 is 2.31 bits per heavy atom. The highest BCUT2D eigenvalue weighted by atomic mass is 19.1. The van der Waals surface area contributed by atoms with Crippen LogP contribution in [-0.4, -0.2) is 13.4 Å². The Kier molecular flexibility index (Phi) is 2.45. The van der Waals surface area contributed by atoms with Gasteiger partial charge in [0, 0.05) is 6.54 Å². The molecule has 0 bridgehead atoms. The van der Waals surface area contributed by atoms with E-state index in [0.29, 0.717) is 5.75 Å². The van der Waals surface area contributed by atoms with E-state index in [1.165, 1.54) is 11.1 Å². The molecule has 0 amide bonds. The van der Waals surface area contributed by atoms with Gasteiger partial charge in [0.05, 0.1) is 0 Å². The molecule has 70 valence electrons. The van der Waals surface area contributed by atoms with Crippen LogP contribution in [0.5, 0.6) is 5.75 Å². The fraction of sp³-hybridized carbons (Fsp3) is 0.400. The van der Waals surface area contributed by atoms with E-state index in [9.17, 15) is 4.39 Å².